The van der Waals surface area contributed by atoms with Crippen molar-refractivity contribution >= 4 is 23.1 Å². The third kappa shape index (κ3) is 2.82. The maximum atomic E-state index is 13.5. The van der Waals surface area contributed by atoms with Crippen LogP contribution in [0.25, 0.3) is 0 Å². The van der Waals surface area contributed by atoms with Gasteiger partial charge in [-0.15, -0.1) is 0 Å². The quantitative estimate of drug-likeness (QED) is 0.293. The van der Waals surface area contributed by atoms with Crippen molar-refractivity contribution in [1.82, 2.24) is 9.97 Å². The van der Waals surface area contributed by atoms with E-state index in [9.17, 15) is 32.1 Å². The second kappa shape index (κ2) is 5.98. The van der Waals surface area contributed by atoms with Crippen LogP contribution >= 0.6 is 0 Å². The summed E-state index contributed by atoms with van der Waals surface area (Å²) >= 11 is 0. The standard InChI is InChI=1S/C11H6F5N5O2/c1-17-10-3(21(22)23)2-18-11(20-10)19-9-7(15)5(13)4(12)6(14)8(9)16/h2H,1H3,(H2,17,18,19,20). The van der Waals surface area contributed by atoms with Crippen molar-refractivity contribution in [2.45, 2.75) is 0 Å². The van der Waals surface area contributed by atoms with Crippen LogP contribution in [0.15, 0.2) is 6.20 Å². The van der Waals surface area contributed by atoms with Crippen LogP contribution in [0.4, 0.5) is 45.1 Å². The Labute approximate surface area is 124 Å². The van der Waals surface area contributed by atoms with E-state index in [0.29, 0.717) is 6.20 Å². The smallest absolute Gasteiger partial charge is 0.329 e. The van der Waals surface area contributed by atoms with Crippen molar-refractivity contribution in [1.29, 1.82) is 0 Å². The molecule has 0 unspecified atom stereocenters. The highest BCUT2D eigenvalue weighted by Gasteiger charge is 2.26. The number of aromatic nitrogens is 2. The zero-order chi connectivity index (χ0) is 17.3. The lowest BCUT2D eigenvalue weighted by Gasteiger charge is -2.10. The minimum absolute atomic E-state index is 0.323. The molecule has 0 saturated carbocycles. The van der Waals surface area contributed by atoms with Gasteiger partial charge in [-0.3, -0.25) is 10.1 Å². The first-order valence-electron chi connectivity index (χ1n) is 5.75. The van der Waals surface area contributed by atoms with Gasteiger partial charge >= 0.3 is 5.69 Å². The number of nitrogens with zero attached hydrogens (tertiary/aromatic N) is 3. The van der Waals surface area contributed by atoms with Gasteiger partial charge in [0.25, 0.3) is 0 Å². The molecular formula is C11H6F5N5O2. The van der Waals surface area contributed by atoms with Crippen molar-refractivity contribution < 1.29 is 26.9 Å². The predicted octanol–water partition coefficient (Wildman–Crippen LogP) is 2.87. The molecule has 2 aromatic rings. The molecule has 2 N–H and O–H groups in total. The molecule has 0 bridgehead atoms. The SMILES string of the molecule is CNc1nc(Nc2c(F)c(F)c(F)c(F)c2F)ncc1[N+](=O)[O-]. The summed E-state index contributed by atoms with van der Waals surface area (Å²) in [6, 6.07) is 0. The van der Waals surface area contributed by atoms with E-state index >= 15 is 0 Å². The highest BCUT2D eigenvalue weighted by Crippen LogP contribution is 2.30. The van der Waals surface area contributed by atoms with Crippen LogP contribution < -0.4 is 10.6 Å². The first-order chi connectivity index (χ1) is 10.8. The first-order valence-corrected chi connectivity index (χ1v) is 5.75. The van der Waals surface area contributed by atoms with Gasteiger partial charge in [-0.05, 0) is 0 Å². The van der Waals surface area contributed by atoms with E-state index in [4.69, 9.17) is 0 Å². The molecule has 0 aliphatic heterocycles. The second-order valence-corrected chi connectivity index (χ2v) is 4.00. The van der Waals surface area contributed by atoms with Crippen LogP contribution in [0, 0.1) is 39.2 Å². The van der Waals surface area contributed by atoms with Crippen LogP contribution in [-0.4, -0.2) is 21.9 Å². The molecule has 0 aliphatic carbocycles. The number of hydrogen-bond donors (Lipinski definition) is 2. The van der Waals surface area contributed by atoms with E-state index < -0.39 is 51.3 Å². The first kappa shape index (κ1) is 16.3. The van der Waals surface area contributed by atoms with Crippen molar-refractivity contribution in [3.05, 3.63) is 45.4 Å². The van der Waals surface area contributed by atoms with Gasteiger partial charge in [-0.1, -0.05) is 0 Å². The number of benzene rings is 1. The number of rotatable bonds is 4. The molecule has 122 valence electrons. The van der Waals surface area contributed by atoms with E-state index in [-0.39, 0.29) is 5.82 Å². The third-order valence-corrected chi connectivity index (χ3v) is 2.65. The average molecular weight is 335 g/mol. The molecule has 1 aromatic carbocycles. The van der Waals surface area contributed by atoms with E-state index in [0.717, 1.165) is 0 Å². The van der Waals surface area contributed by atoms with E-state index in [1.807, 2.05) is 5.32 Å². The molecule has 7 nitrogen and oxygen atoms in total. The van der Waals surface area contributed by atoms with Crippen LogP contribution in [-0.2, 0) is 0 Å². The Bertz CT molecular complexity index is 772. The Morgan fingerprint density at radius 2 is 1.57 bits per heavy atom. The molecule has 1 heterocycles. The third-order valence-electron chi connectivity index (χ3n) is 2.65. The summed E-state index contributed by atoms with van der Waals surface area (Å²) < 4.78 is 66.1. The van der Waals surface area contributed by atoms with Gasteiger partial charge in [-0.2, -0.15) is 4.98 Å². The molecule has 0 amide bonds. The Morgan fingerprint density at radius 3 is 2.04 bits per heavy atom. The highest BCUT2D eigenvalue weighted by atomic mass is 19.2. The fourth-order valence-corrected chi connectivity index (χ4v) is 1.58. The summed E-state index contributed by atoms with van der Waals surface area (Å²) in [5.74, 6) is -11.8. The van der Waals surface area contributed by atoms with E-state index in [2.05, 4.69) is 15.3 Å². The summed E-state index contributed by atoms with van der Waals surface area (Å²) in [5, 5.41) is 14.8. The topological polar surface area (TPSA) is 93.0 Å². The van der Waals surface area contributed by atoms with Crippen LogP contribution in [0.3, 0.4) is 0 Å². The zero-order valence-electron chi connectivity index (χ0n) is 11.1. The largest absolute Gasteiger partial charge is 0.367 e. The lowest BCUT2D eigenvalue weighted by molar-refractivity contribution is -0.384. The predicted molar refractivity (Wildman–Crippen MR) is 67.7 cm³/mol. The maximum Gasteiger partial charge on any atom is 0.329 e. The molecule has 0 saturated heterocycles. The Balaban J connectivity index is 2.50. The van der Waals surface area contributed by atoms with Crippen molar-refractivity contribution in [2.24, 2.45) is 0 Å². The molecule has 2 rings (SSSR count). The van der Waals surface area contributed by atoms with Gasteiger partial charge in [0.05, 0.1) is 4.92 Å². The summed E-state index contributed by atoms with van der Waals surface area (Å²) in [6.07, 6.45) is 0.702. The summed E-state index contributed by atoms with van der Waals surface area (Å²) in [6.45, 7) is 0. The van der Waals surface area contributed by atoms with Crippen LogP contribution in [0.2, 0.25) is 0 Å². The summed E-state index contributed by atoms with van der Waals surface area (Å²) in [4.78, 5) is 16.8. The maximum absolute atomic E-state index is 13.5. The lowest BCUT2D eigenvalue weighted by Crippen LogP contribution is -2.09. The molecule has 0 fully saturated rings. The number of nitrogens with one attached hydrogen (secondary N) is 2. The molecule has 0 radical (unpaired) electrons. The van der Waals surface area contributed by atoms with Gasteiger partial charge in [0.15, 0.2) is 23.3 Å². The summed E-state index contributed by atoms with van der Waals surface area (Å²) in [5.41, 5.74) is -1.92. The van der Waals surface area contributed by atoms with E-state index in [1.165, 1.54) is 7.05 Å². The molecule has 23 heavy (non-hydrogen) atoms. The fraction of sp³-hybridized carbons (Fsp3) is 0.0909. The van der Waals surface area contributed by atoms with Gasteiger partial charge in [0, 0.05) is 7.05 Å². The number of anilines is 3. The molecule has 0 aliphatic rings. The number of nitro groups is 1. The second-order valence-electron chi connectivity index (χ2n) is 4.00. The monoisotopic (exact) mass is 335 g/mol. The normalized spacial score (nSPS) is 10.5. The Hall–Kier alpha value is -3.05. The van der Waals surface area contributed by atoms with E-state index in [1.54, 1.807) is 0 Å². The van der Waals surface area contributed by atoms with Gasteiger partial charge < -0.3 is 10.6 Å². The minimum atomic E-state index is -2.31. The van der Waals surface area contributed by atoms with Crippen molar-refractivity contribution in [2.75, 3.05) is 17.7 Å². The molecular weight excluding hydrogens is 329 g/mol. The Morgan fingerprint density at radius 1 is 1.04 bits per heavy atom. The van der Waals surface area contributed by atoms with Gasteiger partial charge in [-0.25, -0.2) is 26.9 Å². The van der Waals surface area contributed by atoms with Crippen LogP contribution in [0.5, 0.6) is 0 Å². The highest BCUT2D eigenvalue weighted by molar-refractivity contribution is 5.61. The minimum Gasteiger partial charge on any atom is -0.367 e. The average Bonchev–Trinajstić information content (AvgIpc) is 2.54. The molecule has 12 heteroatoms. The number of halogens is 5. The van der Waals surface area contributed by atoms with Crippen molar-refractivity contribution in [3.8, 4) is 0 Å². The number of hydrogen-bond acceptors (Lipinski definition) is 6. The lowest BCUT2D eigenvalue weighted by atomic mass is 10.2. The van der Waals surface area contributed by atoms with Crippen LogP contribution in [0.1, 0.15) is 0 Å². The molecule has 1 aromatic heterocycles. The van der Waals surface area contributed by atoms with Gasteiger partial charge in [0.2, 0.25) is 17.6 Å². The van der Waals surface area contributed by atoms with Gasteiger partial charge in [0.1, 0.15) is 11.9 Å². The Kier molecular flexibility index (Phi) is 4.24. The molecule has 0 spiro atoms. The summed E-state index contributed by atoms with van der Waals surface area (Å²) in [7, 11) is 1.28. The van der Waals surface area contributed by atoms with Crippen molar-refractivity contribution in [3.63, 3.8) is 0 Å². The fourth-order valence-electron chi connectivity index (χ4n) is 1.58. The zero-order valence-corrected chi connectivity index (χ0v) is 11.1. The molecule has 0 atom stereocenters.